The van der Waals surface area contributed by atoms with E-state index in [1.165, 1.54) is 276 Å². The highest BCUT2D eigenvalue weighted by molar-refractivity contribution is 5.71. The Bertz CT molecular complexity index is 1320. The van der Waals surface area contributed by atoms with E-state index in [0.717, 1.165) is 77.0 Å². The van der Waals surface area contributed by atoms with E-state index in [1.54, 1.807) is 0 Å². The molecule has 0 saturated heterocycles. The Morgan fingerprint density at radius 1 is 0.253 bits per heavy atom. The predicted octanol–water partition coefficient (Wildman–Crippen LogP) is 24.3. The lowest BCUT2D eigenvalue weighted by atomic mass is 10.0. The third-order valence-corrected chi connectivity index (χ3v) is 16.1. The van der Waals surface area contributed by atoms with Crippen LogP contribution in [-0.2, 0) is 28.6 Å². The largest absolute Gasteiger partial charge is 0.462 e. The van der Waals surface area contributed by atoms with Crippen LogP contribution >= 0.6 is 0 Å². The molecule has 0 rings (SSSR count). The summed E-state index contributed by atoms with van der Waals surface area (Å²) in [6.07, 6.45) is 85.1. The summed E-state index contributed by atoms with van der Waals surface area (Å²) >= 11 is 0. The lowest BCUT2D eigenvalue weighted by molar-refractivity contribution is -0.167. The zero-order chi connectivity index (χ0) is 57.1. The number of allylic oxidation sites excluding steroid dienone is 6. The van der Waals surface area contributed by atoms with Gasteiger partial charge in [-0.3, -0.25) is 14.4 Å². The summed E-state index contributed by atoms with van der Waals surface area (Å²) in [5.41, 5.74) is 0. The van der Waals surface area contributed by atoms with E-state index in [9.17, 15) is 14.4 Å². The molecule has 0 aliphatic heterocycles. The average Bonchev–Trinajstić information content (AvgIpc) is 3.45. The molecule has 0 fully saturated rings. The molecule has 1 unspecified atom stereocenters. The highest BCUT2D eigenvalue weighted by atomic mass is 16.6. The molecule has 0 N–H and O–H groups in total. The minimum Gasteiger partial charge on any atom is -0.462 e. The molecule has 0 aromatic heterocycles. The minimum absolute atomic E-state index is 0.0709. The van der Waals surface area contributed by atoms with Crippen molar-refractivity contribution in [1.82, 2.24) is 0 Å². The van der Waals surface area contributed by atoms with Crippen molar-refractivity contribution in [1.29, 1.82) is 0 Å². The van der Waals surface area contributed by atoms with Crippen LogP contribution in [0.3, 0.4) is 0 Å². The van der Waals surface area contributed by atoms with E-state index in [1.807, 2.05) is 0 Å². The smallest absolute Gasteiger partial charge is 0.306 e. The number of esters is 3. The first kappa shape index (κ1) is 76.6. The Balaban J connectivity index is 3.96. The van der Waals surface area contributed by atoms with Gasteiger partial charge in [-0.15, -0.1) is 0 Å². The van der Waals surface area contributed by atoms with Gasteiger partial charge in [-0.05, 0) is 57.8 Å². The van der Waals surface area contributed by atoms with Gasteiger partial charge in [0.2, 0.25) is 0 Å². The number of hydrogen-bond donors (Lipinski definition) is 0. The molecule has 1 atom stereocenters. The van der Waals surface area contributed by atoms with Crippen LogP contribution in [0.15, 0.2) is 36.5 Å². The van der Waals surface area contributed by atoms with Crippen LogP contribution in [0.1, 0.15) is 393 Å². The Hall–Kier alpha value is -2.37. The summed E-state index contributed by atoms with van der Waals surface area (Å²) in [5.74, 6) is -0.865. The number of rotatable bonds is 66. The summed E-state index contributed by atoms with van der Waals surface area (Å²) in [6.45, 7) is 6.63. The number of carbonyl (C=O) groups is 3. The Labute approximate surface area is 493 Å². The van der Waals surface area contributed by atoms with Crippen LogP contribution in [0, 0.1) is 0 Å². The first-order valence-electron chi connectivity index (χ1n) is 35.5. The summed E-state index contributed by atoms with van der Waals surface area (Å²) < 4.78 is 16.8. The van der Waals surface area contributed by atoms with Crippen molar-refractivity contribution in [2.45, 2.75) is 399 Å². The first-order chi connectivity index (χ1) is 39.0. The van der Waals surface area contributed by atoms with E-state index in [4.69, 9.17) is 14.2 Å². The fraction of sp³-hybridized carbons (Fsp3) is 0.877. The fourth-order valence-corrected chi connectivity index (χ4v) is 10.8. The lowest BCUT2D eigenvalue weighted by Crippen LogP contribution is -2.30. The molecule has 0 radical (unpaired) electrons. The molecule has 0 aliphatic rings. The van der Waals surface area contributed by atoms with Crippen LogP contribution in [0.25, 0.3) is 0 Å². The van der Waals surface area contributed by atoms with Gasteiger partial charge < -0.3 is 14.2 Å². The Morgan fingerprint density at radius 2 is 0.456 bits per heavy atom. The predicted molar refractivity (Wildman–Crippen MR) is 344 cm³/mol. The maximum absolute atomic E-state index is 12.9. The molecule has 0 saturated carbocycles. The van der Waals surface area contributed by atoms with E-state index >= 15 is 0 Å². The highest BCUT2D eigenvalue weighted by Crippen LogP contribution is 2.19. The average molecular weight is 1110 g/mol. The van der Waals surface area contributed by atoms with E-state index in [-0.39, 0.29) is 31.1 Å². The molecule has 0 aromatic carbocycles. The summed E-state index contributed by atoms with van der Waals surface area (Å²) in [4.78, 5) is 38.1. The molecular formula is C73H136O6. The molecule has 0 spiro atoms. The number of ether oxygens (including phenoxy) is 3. The molecule has 0 aliphatic carbocycles. The molecule has 0 aromatic rings. The zero-order valence-corrected chi connectivity index (χ0v) is 53.4. The normalized spacial score (nSPS) is 12.2. The van der Waals surface area contributed by atoms with E-state index in [0.29, 0.717) is 19.3 Å². The maximum Gasteiger partial charge on any atom is 0.306 e. The standard InChI is InChI=1S/C73H136O6/c1-4-7-10-13-16-18-20-22-24-26-28-30-32-33-34-35-36-37-38-39-40-42-43-45-47-49-51-53-55-57-60-63-66-72(75)78-69-70(68-77-71(74)65-62-59-15-12-9-6-3)79-73(76)67-64-61-58-56-54-52-50-48-46-44-41-31-29-27-25-23-21-19-17-14-11-8-5-2/h21,23,27,29,41,44,70H,4-20,22,24-26,28,30-40,42-43,45-69H2,1-3H3/b23-21-,29-27-,44-41-. The van der Waals surface area contributed by atoms with Gasteiger partial charge in [0.1, 0.15) is 13.2 Å². The van der Waals surface area contributed by atoms with Gasteiger partial charge in [-0.25, -0.2) is 0 Å². The van der Waals surface area contributed by atoms with Crippen molar-refractivity contribution in [3.05, 3.63) is 36.5 Å². The Kier molecular flexibility index (Phi) is 66.1. The number of carbonyl (C=O) groups excluding carboxylic acids is 3. The van der Waals surface area contributed by atoms with Crippen LogP contribution in [0.2, 0.25) is 0 Å². The quantitative estimate of drug-likeness (QED) is 0.0261. The summed E-state index contributed by atoms with van der Waals surface area (Å²) in [7, 11) is 0. The monoisotopic (exact) mass is 1110 g/mol. The van der Waals surface area contributed by atoms with Crippen LogP contribution in [-0.4, -0.2) is 37.2 Å². The van der Waals surface area contributed by atoms with Gasteiger partial charge in [0.25, 0.3) is 0 Å². The second-order valence-electron chi connectivity index (χ2n) is 24.2. The molecule has 0 bridgehead atoms. The molecule has 0 heterocycles. The van der Waals surface area contributed by atoms with Crippen molar-refractivity contribution in [2.24, 2.45) is 0 Å². The van der Waals surface area contributed by atoms with Gasteiger partial charge in [-0.2, -0.15) is 0 Å². The number of hydrogen-bond acceptors (Lipinski definition) is 6. The SMILES string of the molecule is CCCCCCC/C=C\C/C=C\C/C=C\CCCCCCCCCCC(=O)OC(COC(=O)CCCCCCCC)COC(=O)CCCCCCCCCCCCCCCCCCCCCCCCCCCCCCCCCC. The molecule has 6 nitrogen and oxygen atoms in total. The molecule has 6 heteroatoms. The van der Waals surface area contributed by atoms with E-state index in [2.05, 4.69) is 57.2 Å². The molecule has 0 amide bonds. The van der Waals surface area contributed by atoms with Crippen molar-refractivity contribution < 1.29 is 28.6 Å². The topological polar surface area (TPSA) is 78.9 Å². The Morgan fingerprint density at radius 3 is 0.709 bits per heavy atom. The first-order valence-corrected chi connectivity index (χ1v) is 35.5. The third kappa shape index (κ3) is 66.3. The molecule has 79 heavy (non-hydrogen) atoms. The van der Waals surface area contributed by atoms with Crippen molar-refractivity contribution in [3.63, 3.8) is 0 Å². The third-order valence-electron chi connectivity index (χ3n) is 16.1. The van der Waals surface area contributed by atoms with Gasteiger partial charge in [0, 0.05) is 19.3 Å². The minimum atomic E-state index is -0.772. The lowest BCUT2D eigenvalue weighted by Gasteiger charge is -2.18. The van der Waals surface area contributed by atoms with Crippen molar-refractivity contribution >= 4 is 17.9 Å². The van der Waals surface area contributed by atoms with E-state index < -0.39 is 6.10 Å². The second kappa shape index (κ2) is 68.1. The zero-order valence-electron chi connectivity index (χ0n) is 53.4. The van der Waals surface area contributed by atoms with Crippen LogP contribution < -0.4 is 0 Å². The van der Waals surface area contributed by atoms with Gasteiger partial charge >= 0.3 is 17.9 Å². The summed E-state index contributed by atoms with van der Waals surface area (Å²) in [6, 6.07) is 0. The molecule has 464 valence electrons. The second-order valence-corrected chi connectivity index (χ2v) is 24.2. The number of unbranched alkanes of at least 4 members (excludes halogenated alkanes) is 49. The summed E-state index contributed by atoms with van der Waals surface area (Å²) in [5, 5.41) is 0. The van der Waals surface area contributed by atoms with Crippen molar-refractivity contribution in [3.8, 4) is 0 Å². The van der Waals surface area contributed by atoms with Crippen LogP contribution in [0.5, 0.6) is 0 Å². The highest BCUT2D eigenvalue weighted by Gasteiger charge is 2.19. The van der Waals surface area contributed by atoms with Gasteiger partial charge in [0.15, 0.2) is 6.10 Å². The van der Waals surface area contributed by atoms with Crippen LogP contribution in [0.4, 0.5) is 0 Å². The molecular weight excluding hydrogens is 973 g/mol. The van der Waals surface area contributed by atoms with Crippen molar-refractivity contribution in [2.75, 3.05) is 13.2 Å². The van der Waals surface area contributed by atoms with Gasteiger partial charge in [-0.1, -0.05) is 353 Å². The fourth-order valence-electron chi connectivity index (χ4n) is 10.8. The van der Waals surface area contributed by atoms with Gasteiger partial charge in [0.05, 0.1) is 0 Å². The maximum atomic E-state index is 12.9.